The highest BCUT2D eigenvalue weighted by Gasteiger charge is 2.54. The summed E-state index contributed by atoms with van der Waals surface area (Å²) in [5.74, 6) is 1.55. The quantitative estimate of drug-likeness (QED) is 0.189. The lowest BCUT2D eigenvalue weighted by atomic mass is 9.62. The van der Waals surface area contributed by atoms with E-state index in [0.29, 0.717) is 17.8 Å². The third-order valence-corrected chi connectivity index (χ3v) is 15.2. The fourth-order valence-corrected chi connectivity index (χ4v) is 12.7. The molecule has 0 saturated carbocycles. The molecular weight excluding hydrogens is 673 g/mol. The van der Waals surface area contributed by atoms with E-state index in [2.05, 4.69) is 157 Å². The van der Waals surface area contributed by atoms with Gasteiger partial charge in [0.1, 0.15) is 0 Å². The number of allylic oxidation sites excluding steroid dienone is 7. The van der Waals surface area contributed by atoms with E-state index >= 15 is 0 Å². The van der Waals surface area contributed by atoms with Crippen molar-refractivity contribution in [2.45, 2.75) is 70.1 Å². The highest BCUT2D eigenvalue weighted by atomic mass is 32.1. The molecule has 4 aliphatic carbocycles. The van der Waals surface area contributed by atoms with Gasteiger partial charge in [0, 0.05) is 38.3 Å². The first-order valence-corrected chi connectivity index (χ1v) is 21.1. The van der Waals surface area contributed by atoms with Crippen LogP contribution in [0.2, 0.25) is 0 Å². The van der Waals surface area contributed by atoms with Gasteiger partial charge in [-0.3, -0.25) is 0 Å². The number of thiophene rings is 1. The lowest BCUT2D eigenvalue weighted by Gasteiger charge is -2.44. The second kappa shape index (κ2) is 11.2. The minimum atomic E-state index is -0.418. The van der Waals surface area contributed by atoms with Crippen molar-refractivity contribution in [3.63, 3.8) is 0 Å². The minimum absolute atomic E-state index is 0.418. The van der Waals surface area contributed by atoms with Crippen LogP contribution in [0.4, 0.5) is 0 Å². The molecule has 1 spiro atoms. The van der Waals surface area contributed by atoms with Crippen LogP contribution >= 0.6 is 11.3 Å². The molecule has 2 aliphatic heterocycles. The molecule has 6 aliphatic rings. The van der Waals surface area contributed by atoms with Crippen LogP contribution < -0.4 is 5.32 Å². The fraction of sp³-hybridized carbons (Fsp3) is 0.255. The first-order chi connectivity index (χ1) is 26.5. The molecule has 3 heteroatoms. The molecule has 264 valence electrons. The molecule has 2 nitrogen and oxygen atoms in total. The van der Waals surface area contributed by atoms with Gasteiger partial charge in [0.2, 0.25) is 0 Å². The number of benzene rings is 4. The molecule has 4 atom stereocenters. The van der Waals surface area contributed by atoms with Gasteiger partial charge in [-0.2, -0.15) is 0 Å². The Kier molecular flexibility index (Phi) is 6.49. The number of aryl methyl sites for hydroxylation is 1. The molecule has 4 unspecified atom stereocenters. The maximum atomic E-state index is 3.29. The lowest BCUT2D eigenvalue weighted by molar-refractivity contribution is 0.567. The molecule has 54 heavy (non-hydrogen) atoms. The second-order valence-corrected chi connectivity index (χ2v) is 17.9. The summed E-state index contributed by atoms with van der Waals surface area (Å²) in [4.78, 5) is 1.57. The average Bonchev–Trinajstić information content (AvgIpc) is 3.86. The van der Waals surface area contributed by atoms with Gasteiger partial charge < -0.3 is 9.88 Å². The molecule has 4 aromatic carbocycles. The molecule has 4 heterocycles. The predicted molar refractivity (Wildman–Crippen MR) is 229 cm³/mol. The monoisotopic (exact) mass is 716 g/mol. The summed E-state index contributed by atoms with van der Waals surface area (Å²) in [5.41, 5.74) is 20.9. The van der Waals surface area contributed by atoms with Crippen LogP contribution in [0.5, 0.6) is 0 Å². The zero-order valence-electron chi connectivity index (χ0n) is 31.3. The molecular formula is C51H44N2S. The Labute approximate surface area is 321 Å². The smallest absolute Gasteiger partial charge is 0.0751 e. The molecule has 0 fully saturated rings. The second-order valence-electron chi connectivity index (χ2n) is 16.9. The van der Waals surface area contributed by atoms with Gasteiger partial charge in [-0.25, -0.2) is 0 Å². The van der Waals surface area contributed by atoms with Crippen molar-refractivity contribution in [1.82, 2.24) is 9.88 Å². The van der Waals surface area contributed by atoms with E-state index in [1.165, 1.54) is 102 Å². The number of aromatic nitrogens is 1. The third-order valence-electron chi connectivity index (χ3n) is 13.7. The van der Waals surface area contributed by atoms with E-state index in [1.807, 2.05) is 0 Å². The number of nitrogens with one attached hydrogen (secondary N) is 1. The molecule has 0 radical (unpaired) electrons. The minimum Gasteiger partial charge on any atom is -0.387 e. The number of nitrogens with zero attached hydrogens (tertiary/aromatic N) is 1. The summed E-state index contributed by atoms with van der Waals surface area (Å²) in [6, 6.07) is 28.7. The van der Waals surface area contributed by atoms with E-state index in [9.17, 15) is 0 Å². The highest BCUT2D eigenvalue weighted by molar-refractivity contribution is 7.20. The van der Waals surface area contributed by atoms with E-state index in [0.717, 1.165) is 19.4 Å². The first kappa shape index (κ1) is 31.3. The molecule has 6 aromatic rings. The topological polar surface area (TPSA) is 17.0 Å². The Morgan fingerprint density at radius 1 is 0.796 bits per heavy atom. The predicted octanol–water partition coefficient (Wildman–Crippen LogP) is 13.1. The Balaban J connectivity index is 1.21. The van der Waals surface area contributed by atoms with Gasteiger partial charge in [-0.05, 0) is 141 Å². The largest absolute Gasteiger partial charge is 0.387 e. The standard InChI is InChI=1S/C51H44N2S/c1-29-14-21-45-43(26-29)51(44-28-40-38-11-7-9-31(3)49(38)54-50(40)46-39-12-6-8-30(2)47(39)53(45)48(44)46)41-13-5-4-10-36(41)37-20-19-35(27-42(37)51)33-17-15-32(16-18-33)34-22-24-52-25-23-34/h4-5,7,10-11,13,15-24,26-31,52H,6,8-9,12,14,25H2,1-3H3. The van der Waals surface area contributed by atoms with Crippen molar-refractivity contribution < 1.29 is 0 Å². The van der Waals surface area contributed by atoms with Crippen LogP contribution in [0, 0.1) is 5.92 Å². The summed E-state index contributed by atoms with van der Waals surface area (Å²) < 4.78 is 4.32. The number of fused-ring (bicyclic) bond motifs is 16. The number of dihydropyridines is 1. The summed E-state index contributed by atoms with van der Waals surface area (Å²) >= 11 is 2.10. The molecule has 12 rings (SSSR count). The van der Waals surface area contributed by atoms with Crippen LogP contribution in [0.15, 0.2) is 115 Å². The van der Waals surface area contributed by atoms with Gasteiger partial charge >= 0.3 is 0 Å². The van der Waals surface area contributed by atoms with Crippen LogP contribution in [0.3, 0.4) is 0 Å². The Bertz CT molecular complexity index is 2790. The van der Waals surface area contributed by atoms with Crippen molar-refractivity contribution in [3.8, 4) is 22.3 Å². The summed E-state index contributed by atoms with van der Waals surface area (Å²) in [7, 11) is 0. The molecule has 1 N–H and O–H groups in total. The van der Waals surface area contributed by atoms with E-state index in [4.69, 9.17) is 0 Å². The van der Waals surface area contributed by atoms with Crippen molar-refractivity contribution in [1.29, 1.82) is 0 Å². The summed E-state index contributed by atoms with van der Waals surface area (Å²) in [6.07, 6.45) is 22.6. The zero-order chi connectivity index (χ0) is 35.9. The van der Waals surface area contributed by atoms with E-state index in [1.54, 1.807) is 21.5 Å². The third kappa shape index (κ3) is 3.96. The van der Waals surface area contributed by atoms with Crippen LogP contribution in [-0.2, 0) is 11.8 Å². The zero-order valence-corrected chi connectivity index (χ0v) is 32.1. The van der Waals surface area contributed by atoms with Gasteiger partial charge in [-0.15, -0.1) is 11.3 Å². The van der Waals surface area contributed by atoms with Gasteiger partial charge in [0.15, 0.2) is 0 Å². The number of hydrogen-bond acceptors (Lipinski definition) is 2. The Morgan fingerprint density at radius 3 is 2.50 bits per heavy atom. The summed E-state index contributed by atoms with van der Waals surface area (Å²) in [6.45, 7) is 8.22. The fourth-order valence-electron chi connectivity index (χ4n) is 11.3. The van der Waals surface area contributed by atoms with Crippen molar-refractivity contribution in [2.75, 3.05) is 6.54 Å². The highest BCUT2D eigenvalue weighted by Crippen LogP contribution is 2.65. The number of hydrogen-bond donors (Lipinski definition) is 1. The summed E-state index contributed by atoms with van der Waals surface area (Å²) in [5, 5.41) is 6.31. The maximum Gasteiger partial charge on any atom is 0.0751 e. The van der Waals surface area contributed by atoms with Gasteiger partial charge in [0.05, 0.1) is 10.9 Å². The first-order valence-electron chi connectivity index (χ1n) is 20.2. The lowest BCUT2D eigenvalue weighted by Crippen LogP contribution is -2.36. The normalized spacial score (nSPS) is 24.4. The van der Waals surface area contributed by atoms with Crippen LogP contribution in [-0.4, -0.2) is 11.1 Å². The van der Waals surface area contributed by atoms with Crippen LogP contribution in [0.1, 0.15) is 102 Å². The van der Waals surface area contributed by atoms with Crippen molar-refractivity contribution in [2.24, 2.45) is 5.92 Å². The Morgan fingerprint density at radius 2 is 1.63 bits per heavy atom. The Hall–Kier alpha value is -5.12. The van der Waals surface area contributed by atoms with Crippen LogP contribution in [0.25, 0.3) is 60.6 Å². The van der Waals surface area contributed by atoms with Gasteiger partial charge in [0.25, 0.3) is 0 Å². The molecule has 0 bridgehead atoms. The van der Waals surface area contributed by atoms with Gasteiger partial charge in [-0.1, -0.05) is 112 Å². The molecule has 0 amide bonds. The van der Waals surface area contributed by atoms with Crippen molar-refractivity contribution >= 4 is 49.7 Å². The number of rotatable bonds is 2. The maximum absolute atomic E-state index is 3.29. The SMILES string of the molecule is CC1C=C2C(=CC1)n1c3c(c4c5sc6c(c5cc(c41)C21c2ccccc2-c2ccc(-c4ccc(C5=CCNC=C5)cc4)cc21)C=CCC6C)CCCC3C. The molecule has 2 aromatic heterocycles. The van der Waals surface area contributed by atoms with E-state index < -0.39 is 5.41 Å². The van der Waals surface area contributed by atoms with Crippen molar-refractivity contribution in [3.05, 3.63) is 159 Å². The average molecular weight is 717 g/mol. The van der Waals surface area contributed by atoms with E-state index in [-0.39, 0.29) is 0 Å². The molecule has 0 saturated heterocycles.